The quantitative estimate of drug-likeness (QED) is 0.705. The van der Waals surface area contributed by atoms with E-state index in [1.807, 2.05) is 32.0 Å². The maximum atomic E-state index is 12.9. The zero-order valence-electron chi connectivity index (χ0n) is 16.6. The minimum atomic E-state index is -0.261. The first-order chi connectivity index (χ1) is 14.0. The van der Waals surface area contributed by atoms with E-state index in [1.54, 1.807) is 18.2 Å². The molecule has 2 N–H and O–H groups in total. The molecule has 1 amide bonds. The van der Waals surface area contributed by atoms with Gasteiger partial charge in [-0.25, -0.2) is 4.99 Å². The minimum absolute atomic E-state index is 0.0491. The highest BCUT2D eigenvalue weighted by atomic mass is 16.5. The maximum absolute atomic E-state index is 12.9. The summed E-state index contributed by atoms with van der Waals surface area (Å²) in [6.07, 6.45) is 2.01. The van der Waals surface area contributed by atoms with Crippen molar-refractivity contribution in [2.75, 3.05) is 13.2 Å². The fourth-order valence-corrected chi connectivity index (χ4v) is 3.50. The van der Waals surface area contributed by atoms with Gasteiger partial charge in [-0.15, -0.1) is 0 Å². The number of aryl methyl sites for hydroxylation is 2. The van der Waals surface area contributed by atoms with E-state index in [4.69, 9.17) is 9.15 Å². The molecule has 3 aromatic rings. The Kier molecular flexibility index (Phi) is 5.36. The Morgan fingerprint density at radius 2 is 2.07 bits per heavy atom. The van der Waals surface area contributed by atoms with Gasteiger partial charge in [0.05, 0.1) is 11.8 Å². The van der Waals surface area contributed by atoms with E-state index in [-0.39, 0.29) is 23.3 Å². The van der Waals surface area contributed by atoms with E-state index in [0.29, 0.717) is 23.1 Å². The summed E-state index contributed by atoms with van der Waals surface area (Å²) in [6.45, 7) is 5.18. The molecule has 1 fully saturated rings. The fraction of sp³-hybridized carbons (Fsp3) is 0.304. The molecule has 0 aliphatic carbocycles. The second-order valence-corrected chi connectivity index (χ2v) is 7.43. The van der Waals surface area contributed by atoms with Gasteiger partial charge in [-0.05, 0) is 56.5 Å². The molecule has 29 heavy (non-hydrogen) atoms. The Hall–Kier alpha value is -3.12. The first-order valence-electron chi connectivity index (χ1n) is 9.78. The number of aromatic hydroxyl groups is 1. The van der Waals surface area contributed by atoms with E-state index < -0.39 is 0 Å². The monoisotopic (exact) mass is 392 g/mol. The number of benzene rings is 2. The molecule has 0 unspecified atom stereocenters. The minimum Gasteiger partial charge on any atom is -0.508 e. The summed E-state index contributed by atoms with van der Waals surface area (Å²) in [5.41, 5.74) is 3.87. The highest BCUT2D eigenvalue weighted by molar-refractivity contribution is 5.96. The number of phenols is 1. The zero-order valence-corrected chi connectivity index (χ0v) is 16.6. The number of fused-ring (bicyclic) bond motifs is 1. The molecule has 6 nitrogen and oxygen atoms in total. The number of nitrogens with zero attached hydrogens (tertiary/aromatic N) is 1. The molecule has 2 aromatic carbocycles. The van der Waals surface area contributed by atoms with Crippen molar-refractivity contribution in [2.45, 2.75) is 32.8 Å². The molecule has 4 rings (SSSR count). The number of nitrogens with one attached hydrogen (secondary N) is 1. The topological polar surface area (TPSA) is 84.1 Å². The number of carbonyl (C=O) groups excluding carboxylic acids is 1. The van der Waals surface area contributed by atoms with Crippen LogP contribution in [0.2, 0.25) is 0 Å². The highest BCUT2D eigenvalue weighted by Crippen LogP contribution is 2.22. The average Bonchev–Trinajstić information content (AvgIpc) is 3.21. The molecule has 0 saturated carbocycles. The first-order valence-corrected chi connectivity index (χ1v) is 9.78. The summed E-state index contributed by atoms with van der Waals surface area (Å²) in [7, 11) is 0. The maximum Gasteiger partial charge on any atom is 0.256 e. The Bertz CT molecular complexity index is 1130. The molecule has 1 aliphatic heterocycles. The number of amides is 1. The van der Waals surface area contributed by atoms with Gasteiger partial charge in [0.25, 0.3) is 5.91 Å². The number of hydrogen-bond acceptors (Lipinski definition) is 5. The van der Waals surface area contributed by atoms with Crippen molar-refractivity contribution in [3.05, 3.63) is 64.7 Å². The van der Waals surface area contributed by atoms with Gasteiger partial charge >= 0.3 is 0 Å². The van der Waals surface area contributed by atoms with Crippen molar-refractivity contribution in [1.82, 2.24) is 5.32 Å². The molecule has 1 saturated heterocycles. The summed E-state index contributed by atoms with van der Waals surface area (Å²) >= 11 is 0. The number of ether oxygens (including phenoxy) is 1. The third kappa shape index (κ3) is 4.32. The van der Waals surface area contributed by atoms with Gasteiger partial charge in [0.1, 0.15) is 16.9 Å². The molecule has 1 aromatic heterocycles. The number of phenolic OH excluding ortho intramolecular Hbond substituents is 1. The Labute approximate surface area is 168 Å². The number of hydrogen-bond donors (Lipinski definition) is 2. The SMILES string of the molecule is Cc1ccc(N=c2oc3cc(O)ccc3cc2C(=O)NC[C@H]2CCCO2)c(C)c1. The van der Waals surface area contributed by atoms with Gasteiger partial charge in [0, 0.05) is 24.6 Å². The van der Waals surface area contributed by atoms with Gasteiger partial charge in [-0.1, -0.05) is 17.7 Å². The standard InChI is InChI=1S/C23H24N2O4/c1-14-5-8-20(15(2)10-14)25-23-19(22(27)24-13-18-4-3-9-28-18)11-16-6-7-17(26)12-21(16)29-23/h5-8,10-12,18,26H,3-4,9,13H2,1-2H3,(H,24,27)/t18-/m1/s1. The molecule has 0 spiro atoms. The lowest BCUT2D eigenvalue weighted by atomic mass is 10.1. The molecular weight excluding hydrogens is 368 g/mol. The van der Waals surface area contributed by atoms with Crippen molar-refractivity contribution < 1.29 is 19.1 Å². The molecule has 6 heteroatoms. The van der Waals surface area contributed by atoms with Crippen LogP contribution in [0, 0.1) is 13.8 Å². The van der Waals surface area contributed by atoms with E-state index >= 15 is 0 Å². The van der Waals surface area contributed by atoms with Gasteiger partial charge in [-0.3, -0.25) is 4.79 Å². The molecule has 0 bridgehead atoms. The van der Waals surface area contributed by atoms with Crippen molar-refractivity contribution >= 4 is 22.6 Å². The lowest BCUT2D eigenvalue weighted by Gasteiger charge is -2.11. The van der Waals surface area contributed by atoms with Crippen molar-refractivity contribution in [3.63, 3.8) is 0 Å². The normalized spacial score (nSPS) is 17.0. The predicted octanol–water partition coefficient (Wildman–Crippen LogP) is 3.90. The number of carbonyl (C=O) groups is 1. The van der Waals surface area contributed by atoms with Crippen LogP contribution in [0.3, 0.4) is 0 Å². The molecule has 1 aliphatic rings. The van der Waals surface area contributed by atoms with Crippen LogP contribution in [0.5, 0.6) is 5.75 Å². The molecular formula is C23H24N2O4. The van der Waals surface area contributed by atoms with Gasteiger partial charge in [0.15, 0.2) is 0 Å². The largest absolute Gasteiger partial charge is 0.508 e. The lowest BCUT2D eigenvalue weighted by molar-refractivity contribution is 0.0854. The van der Waals surface area contributed by atoms with Crippen LogP contribution >= 0.6 is 0 Å². The van der Waals surface area contributed by atoms with E-state index in [1.165, 1.54) is 6.07 Å². The fourth-order valence-electron chi connectivity index (χ4n) is 3.50. The van der Waals surface area contributed by atoms with Gasteiger partial charge in [0.2, 0.25) is 5.55 Å². The second-order valence-electron chi connectivity index (χ2n) is 7.43. The van der Waals surface area contributed by atoms with Gasteiger partial charge in [-0.2, -0.15) is 0 Å². The highest BCUT2D eigenvalue weighted by Gasteiger charge is 2.18. The van der Waals surface area contributed by atoms with Crippen LogP contribution in [0.15, 0.2) is 51.9 Å². The summed E-state index contributed by atoms with van der Waals surface area (Å²) < 4.78 is 11.5. The second kappa shape index (κ2) is 8.09. The zero-order chi connectivity index (χ0) is 20.4. The van der Waals surface area contributed by atoms with Gasteiger partial charge < -0.3 is 19.6 Å². The predicted molar refractivity (Wildman–Crippen MR) is 110 cm³/mol. The Morgan fingerprint density at radius 3 is 2.83 bits per heavy atom. The van der Waals surface area contributed by atoms with Crippen LogP contribution in [-0.4, -0.2) is 30.3 Å². The summed E-state index contributed by atoms with van der Waals surface area (Å²) in [5, 5.41) is 13.4. The molecule has 1 atom stereocenters. The Balaban J connectivity index is 1.78. The smallest absolute Gasteiger partial charge is 0.256 e. The van der Waals surface area contributed by atoms with Crippen LogP contribution in [-0.2, 0) is 4.74 Å². The third-order valence-electron chi connectivity index (χ3n) is 5.07. The number of rotatable bonds is 4. The van der Waals surface area contributed by atoms with Crippen LogP contribution in [0.4, 0.5) is 5.69 Å². The average molecular weight is 392 g/mol. The van der Waals surface area contributed by atoms with E-state index in [2.05, 4.69) is 10.3 Å². The van der Waals surface area contributed by atoms with Crippen LogP contribution in [0.1, 0.15) is 34.3 Å². The first kappa shape index (κ1) is 19.2. The van der Waals surface area contributed by atoms with Crippen LogP contribution < -0.4 is 10.9 Å². The summed E-state index contributed by atoms with van der Waals surface area (Å²) in [5.74, 6) is -0.169. The van der Waals surface area contributed by atoms with Crippen molar-refractivity contribution in [1.29, 1.82) is 0 Å². The molecule has 150 valence electrons. The van der Waals surface area contributed by atoms with Crippen LogP contribution in [0.25, 0.3) is 11.0 Å². The molecule has 0 radical (unpaired) electrons. The van der Waals surface area contributed by atoms with E-state index in [0.717, 1.165) is 36.3 Å². The summed E-state index contributed by atoms with van der Waals surface area (Å²) in [4.78, 5) is 17.5. The molecule has 2 heterocycles. The van der Waals surface area contributed by atoms with E-state index in [9.17, 15) is 9.90 Å². The Morgan fingerprint density at radius 1 is 1.21 bits per heavy atom. The third-order valence-corrected chi connectivity index (χ3v) is 5.07. The summed E-state index contributed by atoms with van der Waals surface area (Å²) in [6, 6.07) is 12.4. The van der Waals surface area contributed by atoms with Crippen molar-refractivity contribution in [2.24, 2.45) is 4.99 Å². The van der Waals surface area contributed by atoms with Crippen molar-refractivity contribution in [3.8, 4) is 5.75 Å². The lowest BCUT2D eigenvalue weighted by Crippen LogP contribution is -2.34.